The molecule has 0 aromatic rings. The van der Waals surface area contributed by atoms with Gasteiger partial charge in [-0.15, -0.1) is 0 Å². The van der Waals surface area contributed by atoms with Crippen molar-refractivity contribution in [2.24, 2.45) is 22.5 Å². The topological polar surface area (TPSA) is 46.2 Å². The van der Waals surface area contributed by atoms with Gasteiger partial charge in [0.15, 0.2) is 0 Å². The predicted molar refractivity (Wildman–Crippen MR) is 80.9 cm³/mol. The Morgan fingerprint density at radius 2 is 1.79 bits per heavy atom. The Morgan fingerprint density at radius 1 is 1.05 bits per heavy atom. The van der Waals surface area contributed by atoms with Gasteiger partial charge in [0, 0.05) is 12.0 Å². The summed E-state index contributed by atoms with van der Waals surface area (Å²) in [6.07, 6.45) is 10.2. The summed E-state index contributed by atoms with van der Waals surface area (Å²) in [4.78, 5) is 0. The number of nitrogens with two attached hydrogens (primary N) is 1. The molecule has 0 spiro atoms. The van der Waals surface area contributed by atoms with E-state index in [9.17, 15) is 5.11 Å². The maximum atomic E-state index is 11.4. The molecule has 2 nitrogen and oxygen atoms in total. The fourth-order valence-corrected chi connectivity index (χ4v) is 4.64. The molecule has 0 aromatic heterocycles. The lowest BCUT2D eigenvalue weighted by Crippen LogP contribution is -2.54. The maximum absolute atomic E-state index is 11.4. The van der Waals surface area contributed by atoms with Crippen LogP contribution >= 0.6 is 0 Å². The molecule has 3 N–H and O–H groups in total. The molecule has 0 radical (unpaired) electrons. The van der Waals surface area contributed by atoms with Crippen molar-refractivity contribution >= 4 is 0 Å². The maximum Gasteiger partial charge on any atom is 0.0716 e. The van der Waals surface area contributed by atoms with Gasteiger partial charge >= 0.3 is 0 Å². The minimum absolute atomic E-state index is 0.00884. The van der Waals surface area contributed by atoms with Crippen LogP contribution in [0.2, 0.25) is 0 Å². The summed E-state index contributed by atoms with van der Waals surface area (Å²) in [5, 5.41) is 11.4. The first-order valence-corrected chi connectivity index (χ1v) is 8.25. The highest BCUT2D eigenvalue weighted by atomic mass is 16.3. The molecule has 0 saturated heterocycles. The average Bonchev–Trinajstić information content (AvgIpc) is 2.49. The Morgan fingerprint density at radius 3 is 2.42 bits per heavy atom. The van der Waals surface area contributed by atoms with Crippen molar-refractivity contribution in [1.82, 2.24) is 0 Å². The van der Waals surface area contributed by atoms with Crippen LogP contribution in [0.5, 0.6) is 0 Å². The Kier molecular flexibility index (Phi) is 4.32. The van der Waals surface area contributed by atoms with E-state index in [-0.39, 0.29) is 5.41 Å². The van der Waals surface area contributed by atoms with Crippen LogP contribution in [0.4, 0.5) is 0 Å². The molecular formula is C17H33NO. The van der Waals surface area contributed by atoms with E-state index in [0.29, 0.717) is 12.0 Å². The summed E-state index contributed by atoms with van der Waals surface area (Å²) in [5.74, 6) is 0.720. The lowest BCUT2D eigenvalue weighted by atomic mass is 9.58. The van der Waals surface area contributed by atoms with E-state index in [1.165, 1.54) is 19.3 Å². The standard InChI is InChI=1S/C17H33NO/c1-14-6-4-8-16(12-14,13-18)17(19)9-5-7-15(2,3)10-11-17/h14,19H,4-13,18H2,1-3H3. The van der Waals surface area contributed by atoms with Crippen LogP contribution in [0.3, 0.4) is 0 Å². The zero-order valence-corrected chi connectivity index (χ0v) is 13.2. The van der Waals surface area contributed by atoms with Crippen LogP contribution < -0.4 is 5.73 Å². The molecule has 2 heteroatoms. The average molecular weight is 267 g/mol. The van der Waals surface area contributed by atoms with E-state index >= 15 is 0 Å². The van der Waals surface area contributed by atoms with E-state index in [1.807, 2.05) is 0 Å². The second kappa shape index (κ2) is 5.37. The fourth-order valence-electron chi connectivity index (χ4n) is 4.64. The molecule has 2 aliphatic rings. The molecule has 2 fully saturated rings. The molecule has 0 aliphatic heterocycles. The van der Waals surface area contributed by atoms with Gasteiger partial charge in [-0.25, -0.2) is 0 Å². The van der Waals surface area contributed by atoms with Gasteiger partial charge in [-0.05, 0) is 49.9 Å². The van der Waals surface area contributed by atoms with Crippen molar-refractivity contribution in [2.75, 3.05) is 6.54 Å². The molecule has 2 saturated carbocycles. The van der Waals surface area contributed by atoms with Gasteiger partial charge in [0.2, 0.25) is 0 Å². The highest BCUT2D eigenvalue weighted by Crippen LogP contribution is 2.53. The zero-order chi connectivity index (χ0) is 14.1. The van der Waals surface area contributed by atoms with Crippen LogP contribution in [-0.4, -0.2) is 17.3 Å². The molecule has 19 heavy (non-hydrogen) atoms. The molecule has 0 heterocycles. The summed E-state index contributed by atoms with van der Waals surface area (Å²) in [6.45, 7) is 7.68. The Balaban J connectivity index is 2.20. The molecule has 3 atom stereocenters. The molecule has 0 amide bonds. The first-order chi connectivity index (χ1) is 8.83. The van der Waals surface area contributed by atoms with Crippen LogP contribution in [0.15, 0.2) is 0 Å². The van der Waals surface area contributed by atoms with E-state index in [1.54, 1.807) is 0 Å². The monoisotopic (exact) mass is 267 g/mol. The van der Waals surface area contributed by atoms with E-state index in [4.69, 9.17) is 5.73 Å². The first kappa shape index (κ1) is 15.3. The number of hydrogen-bond donors (Lipinski definition) is 2. The number of aliphatic hydroxyl groups is 1. The van der Waals surface area contributed by atoms with Crippen LogP contribution in [0, 0.1) is 16.7 Å². The molecule has 0 aromatic carbocycles. The molecule has 2 rings (SSSR count). The summed E-state index contributed by atoms with van der Waals surface area (Å²) < 4.78 is 0. The third kappa shape index (κ3) is 3.00. The lowest BCUT2D eigenvalue weighted by Gasteiger charge is -2.51. The molecule has 112 valence electrons. The largest absolute Gasteiger partial charge is 0.389 e. The number of rotatable bonds is 2. The second-order valence-corrected chi connectivity index (χ2v) is 8.24. The molecule has 2 aliphatic carbocycles. The van der Waals surface area contributed by atoms with Crippen molar-refractivity contribution in [3.63, 3.8) is 0 Å². The van der Waals surface area contributed by atoms with Gasteiger partial charge in [0.1, 0.15) is 0 Å². The van der Waals surface area contributed by atoms with E-state index in [2.05, 4.69) is 20.8 Å². The van der Waals surface area contributed by atoms with Crippen LogP contribution in [0.1, 0.15) is 78.6 Å². The summed E-state index contributed by atoms with van der Waals surface area (Å²) in [5.41, 5.74) is 6.05. The van der Waals surface area contributed by atoms with Crippen LogP contribution in [0.25, 0.3) is 0 Å². The van der Waals surface area contributed by atoms with Crippen LogP contribution in [-0.2, 0) is 0 Å². The minimum atomic E-state index is -0.510. The Bertz CT molecular complexity index is 314. The number of hydrogen-bond acceptors (Lipinski definition) is 2. The summed E-state index contributed by atoms with van der Waals surface area (Å²) in [7, 11) is 0. The van der Waals surface area contributed by atoms with E-state index in [0.717, 1.165) is 44.4 Å². The first-order valence-electron chi connectivity index (χ1n) is 8.25. The third-order valence-electron chi connectivity index (χ3n) is 6.13. The van der Waals surface area contributed by atoms with Gasteiger partial charge in [-0.3, -0.25) is 0 Å². The normalized spacial score (nSPS) is 43.7. The zero-order valence-electron chi connectivity index (χ0n) is 13.2. The molecule has 0 bridgehead atoms. The smallest absolute Gasteiger partial charge is 0.0716 e. The van der Waals surface area contributed by atoms with Crippen molar-refractivity contribution < 1.29 is 5.11 Å². The van der Waals surface area contributed by atoms with Gasteiger partial charge in [-0.2, -0.15) is 0 Å². The fraction of sp³-hybridized carbons (Fsp3) is 1.00. The Hall–Kier alpha value is -0.0800. The summed E-state index contributed by atoms with van der Waals surface area (Å²) in [6, 6.07) is 0. The lowest BCUT2D eigenvalue weighted by molar-refractivity contribution is -0.118. The highest BCUT2D eigenvalue weighted by molar-refractivity contribution is 5.03. The van der Waals surface area contributed by atoms with Crippen molar-refractivity contribution in [1.29, 1.82) is 0 Å². The quantitative estimate of drug-likeness (QED) is 0.746. The van der Waals surface area contributed by atoms with E-state index < -0.39 is 5.60 Å². The molecule has 3 unspecified atom stereocenters. The van der Waals surface area contributed by atoms with Gasteiger partial charge in [0.25, 0.3) is 0 Å². The van der Waals surface area contributed by atoms with Gasteiger partial charge < -0.3 is 10.8 Å². The van der Waals surface area contributed by atoms with Gasteiger partial charge in [0.05, 0.1) is 5.60 Å². The van der Waals surface area contributed by atoms with Crippen molar-refractivity contribution in [3.05, 3.63) is 0 Å². The van der Waals surface area contributed by atoms with Crippen molar-refractivity contribution in [3.8, 4) is 0 Å². The highest BCUT2D eigenvalue weighted by Gasteiger charge is 2.51. The SMILES string of the molecule is CC1CCCC(CN)(C2(O)CCCC(C)(C)CC2)C1. The predicted octanol–water partition coefficient (Wildman–Crippen LogP) is 3.86. The third-order valence-corrected chi connectivity index (χ3v) is 6.13. The minimum Gasteiger partial charge on any atom is -0.389 e. The van der Waals surface area contributed by atoms with Crippen molar-refractivity contribution in [2.45, 2.75) is 84.2 Å². The Labute approximate surface area is 119 Å². The second-order valence-electron chi connectivity index (χ2n) is 8.24. The summed E-state index contributed by atoms with van der Waals surface area (Å²) >= 11 is 0. The molecular weight excluding hydrogens is 234 g/mol. The van der Waals surface area contributed by atoms with Gasteiger partial charge in [-0.1, -0.05) is 40.0 Å².